The predicted octanol–water partition coefficient (Wildman–Crippen LogP) is -7.41. The SMILES string of the molecule is CC(=O)[O-].[Na+].[Na+].[OH-]. The number of carboxylic acid groups (broad SMARTS) is 1. The molecule has 0 aliphatic carbocycles. The molecule has 0 spiro atoms. The molecule has 32 valence electrons. The van der Waals surface area contributed by atoms with Gasteiger partial charge in [0.05, 0.1) is 0 Å². The molecule has 0 radical (unpaired) electrons. The van der Waals surface area contributed by atoms with Gasteiger partial charge in [0.15, 0.2) is 0 Å². The molecule has 0 saturated heterocycles. The minimum atomic E-state index is -1.08. The quantitative estimate of drug-likeness (QED) is 0.300. The Hall–Kier alpha value is 1.43. The summed E-state index contributed by atoms with van der Waals surface area (Å²) in [6.07, 6.45) is 0. The first-order valence-electron chi connectivity index (χ1n) is 0.908. The van der Waals surface area contributed by atoms with Crippen LogP contribution in [0.4, 0.5) is 0 Å². The number of carboxylic acids is 1. The Bertz CT molecular complexity index is 33.9. The number of hydrogen-bond acceptors (Lipinski definition) is 3. The average molecular weight is 122 g/mol. The summed E-state index contributed by atoms with van der Waals surface area (Å²) in [5, 5.41) is 8.89. The van der Waals surface area contributed by atoms with Crippen molar-refractivity contribution in [3.05, 3.63) is 0 Å². The Balaban J connectivity index is -0.0000000150. The van der Waals surface area contributed by atoms with Crippen molar-refractivity contribution in [3.8, 4) is 0 Å². The molecule has 3 nitrogen and oxygen atoms in total. The van der Waals surface area contributed by atoms with Crippen LogP contribution in [-0.4, -0.2) is 11.4 Å². The zero-order valence-corrected chi connectivity index (χ0v) is 8.76. The predicted molar refractivity (Wildman–Crippen MR) is 12.6 cm³/mol. The van der Waals surface area contributed by atoms with Gasteiger partial charge in [-0.2, -0.15) is 0 Å². The molecule has 0 aliphatic rings. The average Bonchev–Trinajstić information content (AvgIpc) is 0.811. The van der Waals surface area contributed by atoms with Crippen LogP contribution in [0.25, 0.3) is 0 Å². The van der Waals surface area contributed by atoms with E-state index in [1.807, 2.05) is 0 Å². The van der Waals surface area contributed by atoms with Gasteiger partial charge < -0.3 is 15.4 Å². The molecule has 0 saturated carbocycles. The maximum absolute atomic E-state index is 8.89. The molecule has 0 amide bonds. The Morgan fingerprint density at radius 1 is 1.43 bits per heavy atom. The zero-order chi connectivity index (χ0) is 3.58. The van der Waals surface area contributed by atoms with Gasteiger partial charge in [0, 0.05) is 5.97 Å². The summed E-state index contributed by atoms with van der Waals surface area (Å²) in [4.78, 5) is 8.89. The summed E-state index contributed by atoms with van der Waals surface area (Å²) >= 11 is 0. The molecule has 0 bridgehead atoms. The van der Waals surface area contributed by atoms with Gasteiger partial charge in [-0.15, -0.1) is 0 Å². The summed E-state index contributed by atoms with van der Waals surface area (Å²) in [6.45, 7) is 0.972. The maximum atomic E-state index is 8.89. The fourth-order valence-electron chi connectivity index (χ4n) is 0. The summed E-state index contributed by atoms with van der Waals surface area (Å²) < 4.78 is 0. The standard InChI is InChI=1S/C2H4O2.2Na.H2O/c1-2(3)4;;;/h1H3,(H,3,4);;;1H2/q;2*+1;/p-2. The smallest absolute Gasteiger partial charge is 0.870 e. The van der Waals surface area contributed by atoms with E-state index in [0.29, 0.717) is 0 Å². The normalized spacial score (nSPS) is 3.57. The van der Waals surface area contributed by atoms with E-state index in [1.54, 1.807) is 0 Å². The molecular weight excluding hydrogens is 118 g/mol. The van der Waals surface area contributed by atoms with Crippen molar-refractivity contribution in [1.82, 2.24) is 0 Å². The van der Waals surface area contributed by atoms with E-state index in [4.69, 9.17) is 9.90 Å². The second kappa shape index (κ2) is 15.7. The summed E-state index contributed by atoms with van der Waals surface area (Å²) in [6, 6.07) is 0. The number of rotatable bonds is 0. The second-order valence-electron chi connectivity index (χ2n) is 0.492. The zero-order valence-electron chi connectivity index (χ0n) is 4.76. The van der Waals surface area contributed by atoms with E-state index >= 15 is 0 Å². The van der Waals surface area contributed by atoms with Crippen molar-refractivity contribution in [2.45, 2.75) is 6.92 Å². The number of hydrogen-bond donors (Lipinski definition) is 0. The third kappa shape index (κ3) is 107. The molecule has 7 heavy (non-hydrogen) atoms. The van der Waals surface area contributed by atoms with Crippen molar-refractivity contribution in [1.29, 1.82) is 0 Å². The van der Waals surface area contributed by atoms with Gasteiger partial charge in [-0.3, -0.25) is 0 Å². The Kier molecular flexibility index (Phi) is 53.0. The molecule has 0 heterocycles. The fourth-order valence-corrected chi connectivity index (χ4v) is 0. The second-order valence-corrected chi connectivity index (χ2v) is 0.492. The van der Waals surface area contributed by atoms with Crippen LogP contribution >= 0.6 is 0 Å². The Morgan fingerprint density at radius 2 is 1.43 bits per heavy atom. The van der Waals surface area contributed by atoms with Crippen LogP contribution in [0.1, 0.15) is 6.92 Å². The molecule has 0 fully saturated rings. The molecule has 0 aromatic carbocycles. The van der Waals surface area contributed by atoms with Crippen LogP contribution in [0.5, 0.6) is 0 Å². The molecule has 5 heteroatoms. The van der Waals surface area contributed by atoms with E-state index in [2.05, 4.69) is 0 Å². The molecule has 0 atom stereocenters. The minimum Gasteiger partial charge on any atom is -0.870 e. The molecule has 0 rings (SSSR count). The van der Waals surface area contributed by atoms with Crippen LogP contribution in [-0.2, 0) is 4.79 Å². The summed E-state index contributed by atoms with van der Waals surface area (Å²) in [5.41, 5.74) is 0. The van der Waals surface area contributed by atoms with Crippen LogP contribution in [0.3, 0.4) is 0 Å². The first kappa shape index (κ1) is 23.7. The molecule has 0 aromatic rings. The van der Waals surface area contributed by atoms with E-state index < -0.39 is 5.97 Å². The van der Waals surface area contributed by atoms with Crippen LogP contribution in [0.2, 0.25) is 0 Å². The van der Waals surface area contributed by atoms with Gasteiger partial charge in [0.2, 0.25) is 0 Å². The maximum Gasteiger partial charge on any atom is 1.00 e. The number of aliphatic carboxylic acids is 1. The third-order valence-electron chi connectivity index (χ3n) is 0. The van der Waals surface area contributed by atoms with Crippen LogP contribution in [0, 0.1) is 0 Å². The fraction of sp³-hybridized carbons (Fsp3) is 0.500. The van der Waals surface area contributed by atoms with E-state index in [1.165, 1.54) is 0 Å². The number of carbonyl (C=O) groups excluding carboxylic acids is 1. The molecule has 0 aromatic heterocycles. The summed E-state index contributed by atoms with van der Waals surface area (Å²) in [7, 11) is 0. The number of carbonyl (C=O) groups is 1. The van der Waals surface area contributed by atoms with Crippen molar-refractivity contribution in [2.24, 2.45) is 0 Å². The van der Waals surface area contributed by atoms with Gasteiger partial charge in [-0.25, -0.2) is 0 Å². The van der Waals surface area contributed by atoms with Crippen molar-refractivity contribution in [2.75, 3.05) is 0 Å². The molecular formula is C2H4Na2O3. The van der Waals surface area contributed by atoms with E-state index in [9.17, 15) is 0 Å². The van der Waals surface area contributed by atoms with E-state index in [-0.39, 0.29) is 64.6 Å². The van der Waals surface area contributed by atoms with Gasteiger partial charge in [0.1, 0.15) is 0 Å². The van der Waals surface area contributed by atoms with Gasteiger partial charge >= 0.3 is 59.1 Å². The van der Waals surface area contributed by atoms with Gasteiger partial charge in [-0.05, 0) is 6.92 Å². The first-order chi connectivity index (χ1) is 1.73. The molecule has 1 N–H and O–H groups in total. The molecule has 0 unspecified atom stereocenters. The van der Waals surface area contributed by atoms with Crippen molar-refractivity contribution in [3.63, 3.8) is 0 Å². The molecule has 0 aliphatic heterocycles. The van der Waals surface area contributed by atoms with Crippen LogP contribution < -0.4 is 64.2 Å². The van der Waals surface area contributed by atoms with Crippen molar-refractivity contribution >= 4 is 5.97 Å². The van der Waals surface area contributed by atoms with E-state index in [0.717, 1.165) is 6.92 Å². The Morgan fingerprint density at radius 3 is 1.43 bits per heavy atom. The van der Waals surface area contributed by atoms with Crippen molar-refractivity contribution < 1.29 is 74.5 Å². The van der Waals surface area contributed by atoms with Crippen LogP contribution in [0.15, 0.2) is 0 Å². The summed E-state index contributed by atoms with van der Waals surface area (Å²) in [5.74, 6) is -1.08. The largest absolute Gasteiger partial charge is 1.00 e. The minimum absolute atomic E-state index is 0. The first-order valence-corrected chi connectivity index (χ1v) is 0.908. The monoisotopic (exact) mass is 122 g/mol. The van der Waals surface area contributed by atoms with Gasteiger partial charge in [-0.1, -0.05) is 0 Å². The third-order valence-corrected chi connectivity index (χ3v) is 0. The van der Waals surface area contributed by atoms with Gasteiger partial charge in [0.25, 0.3) is 0 Å². The Labute approximate surface area is 86.4 Å². The topological polar surface area (TPSA) is 70.1 Å².